The first-order valence-corrected chi connectivity index (χ1v) is 9.94. The molecule has 2 aromatic heterocycles. The molecule has 0 saturated heterocycles. The molecule has 1 N–H and O–H groups in total. The van der Waals surface area contributed by atoms with E-state index in [-0.39, 0.29) is 0 Å². The summed E-state index contributed by atoms with van der Waals surface area (Å²) in [7, 11) is 2.20. The Morgan fingerprint density at radius 1 is 1.11 bits per heavy atom. The smallest absolute Gasteiger partial charge is 0.107 e. The van der Waals surface area contributed by atoms with Gasteiger partial charge in [0.1, 0.15) is 5.60 Å². The highest BCUT2D eigenvalue weighted by Gasteiger charge is 2.31. The first kappa shape index (κ1) is 18.2. The third-order valence-electron chi connectivity index (χ3n) is 6.14. The number of aryl methyl sites for hydroxylation is 1. The van der Waals surface area contributed by atoms with E-state index >= 15 is 0 Å². The molecule has 1 unspecified atom stereocenters. The minimum atomic E-state index is -0.897. The van der Waals surface area contributed by atoms with Gasteiger partial charge in [-0.3, -0.25) is 4.98 Å². The van der Waals surface area contributed by atoms with E-state index in [0.29, 0.717) is 13.0 Å². The van der Waals surface area contributed by atoms with Gasteiger partial charge in [0.2, 0.25) is 0 Å². The van der Waals surface area contributed by atoms with E-state index in [1.165, 1.54) is 27.7 Å². The molecule has 1 aliphatic rings. The van der Waals surface area contributed by atoms with Crippen molar-refractivity contribution in [2.75, 3.05) is 20.1 Å². The van der Waals surface area contributed by atoms with Crippen LogP contribution in [0, 0.1) is 6.92 Å². The van der Waals surface area contributed by atoms with Gasteiger partial charge in [-0.1, -0.05) is 18.6 Å². The number of rotatable bonds is 4. The summed E-state index contributed by atoms with van der Waals surface area (Å²) in [5, 5.41) is 12.9. The van der Waals surface area contributed by atoms with Crippen LogP contribution in [0.3, 0.4) is 0 Å². The molecule has 3 aromatic rings. The molecular formula is C23H29N3O. The van der Waals surface area contributed by atoms with Gasteiger partial charge in [0.15, 0.2) is 0 Å². The van der Waals surface area contributed by atoms with Gasteiger partial charge < -0.3 is 14.6 Å². The summed E-state index contributed by atoms with van der Waals surface area (Å²) in [5.74, 6) is 0. The highest BCUT2D eigenvalue weighted by Crippen LogP contribution is 2.34. The Morgan fingerprint density at radius 2 is 1.85 bits per heavy atom. The van der Waals surface area contributed by atoms with Gasteiger partial charge in [-0.05, 0) is 62.2 Å². The van der Waals surface area contributed by atoms with Crippen LogP contribution < -0.4 is 0 Å². The molecule has 27 heavy (non-hydrogen) atoms. The fraction of sp³-hybridized carbons (Fsp3) is 0.435. The van der Waals surface area contributed by atoms with Crippen molar-refractivity contribution in [1.29, 1.82) is 0 Å². The summed E-state index contributed by atoms with van der Waals surface area (Å²) in [4.78, 5) is 6.52. The number of likely N-dealkylation sites (N-methyl/N-ethyl adjacent to an activating group) is 1. The third kappa shape index (κ3) is 3.28. The number of aliphatic hydroxyl groups is 1. The summed E-state index contributed by atoms with van der Waals surface area (Å²) >= 11 is 0. The predicted molar refractivity (Wildman–Crippen MR) is 110 cm³/mol. The monoisotopic (exact) mass is 363 g/mol. The molecule has 0 aliphatic carbocycles. The topological polar surface area (TPSA) is 41.3 Å². The molecule has 1 aromatic carbocycles. The largest absolute Gasteiger partial charge is 0.383 e. The Morgan fingerprint density at radius 3 is 2.59 bits per heavy atom. The van der Waals surface area contributed by atoms with Crippen LogP contribution in [0.5, 0.6) is 0 Å². The van der Waals surface area contributed by atoms with Crippen molar-refractivity contribution in [2.24, 2.45) is 0 Å². The second kappa shape index (κ2) is 7.10. The van der Waals surface area contributed by atoms with E-state index in [2.05, 4.69) is 53.5 Å². The Balaban J connectivity index is 1.86. The summed E-state index contributed by atoms with van der Waals surface area (Å²) in [6.07, 6.45) is 6.29. The minimum absolute atomic E-state index is 0.576. The van der Waals surface area contributed by atoms with Crippen LogP contribution in [0.4, 0.5) is 0 Å². The number of hydrogen-bond donors (Lipinski definition) is 1. The summed E-state index contributed by atoms with van der Waals surface area (Å²) in [6, 6.07) is 10.6. The zero-order valence-corrected chi connectivity index (χ0v) is 16.6. The van der Waals surface area contributed by atoms with Gasteiger partial charge in [0, 0.05) is 48.5 Å². The molecule has 1 atom stereocenters. The number of fused-ring (bicyclic) bond motifs is 3. The fourth-order valence-electron chi connectivity index (χ4n) is 4.38. The number of nitrogens with zero attached hydrogens (tertiary/aromatic N) is 3. The second-order valence-electron chi connectivity index (χ2n) is 7.96. The molecule has 3 heterocycles. The maximum absolute atomic E-state index is 11.5. The van der Waals surface area contributed by atoms with Crippen molar-refractivity contribution in [3.8, 4) is 0 Å². The molecule has 0 radical (unpaired) electrons. The molecule has 0 spiro atoms. The van der Waals surface area contributed by atoms with Crippen molar-refractivity contribution in [1.82, 2.24) is 14.5 Å². The Labute approximate surface area is 161 Å². The quantitative estimate of drug-likeness (QED) is 0.769. The second-order valence-corrected chi connectivity index (χ2v) is 7.96. The van der Waals surface area contributed by atoms with Crippen LogP contribution in [0.25, 0.3) is 10.9 Å². The van der Waals surface area contributed by atoms with Gasteiger partial charge in [-0.15, -0.1) is 0 Å². The SMILES string of the molecule is CCC(O)(Cn1c2c(c3cc(C)ccc31)CCN(C)CC2)c1ccncc1. The summed E-state index contributed by atoms with van der Waals surface area (Å²) in [6.45, 7) is 6.94. The molecule has 0 fully saturated rings. The summed E-state index contributed by atoms with van der Waals surface area (Å²) in [5.41, 5.74) is 5.43. The molecule has 0 saturated carbocycles. The highest BCUT2D eigenvalue weighted by molar-refractivity contribution is 5.86. The number of aromatic nitrogens is 2. The van der Waals surface area contributed by atoms with Gasteiger partial charge in [0.25, 0.3) is 0 Å². The van der Waals surface area contributed by atoms with Gasteiger partial charge >= 0.3 is 0 Å². The summed E-state index contributed by atoms with van der Waals surface area (Å²) < 4.78 is 2.38. The molecule has 0 bridgehead atoms. The van der Waals surface area contributed by atoms with Crippen LogP contribution in [0.1, 0.15) is 35.7 Å². The maximum Gasteiger partial charge on any atom is 0.107 e. The van der Waals surface area contributed by atoms with E-state index in [4.69, 9.17) is 0 Å². The van der Waals surface area contributed by atoms with Crippen LogP contribution in [-0.4, -0.2) is 39.7 Å². The highest BCUT2D eigenvalue weighted by atomic mass is 16.3. The molecule has 1 aliphatic heterocycles. The minimum Gasteiger partial charge on any atom is -0.383 e. The molecular weight excluding hydrogens is 334 g/mol. The Hall–Kier alpha value is -2.17. The molecule has 4 rings (SSSR count). The van der Waals surface area contributed by atoms with Gasteiger partial charge in [-0.2, -0.15) is 0 Å². The van der Waals surface area contributed by atoms with Crippen molar-refractivity contribution in [3.05, 3.63) is 65.1 Å². The van der Waals surface area contributed by atoms with Crippen molar-refractivity contribution < 1.29 is 5.11 Å². The fourth-order valence-corrected chi connectivity index (χ4v) is 4.38. The van der Waals surface area contributed by atoms with E-state index in [0.717, 1.165) is 31.5 Å². The van der Waals surface area contributed by atoms with Gasteiger partial charge in [0.05, 0.1) is 6.54 Å². The maximum atomic E-state index is 11.5. The lowest BCUT2D eigenvalue weighted by atomic mass is 9.91. The Kier molecular flexibility index (Phi) is 4.79. The third-order valence-corrected chi connectivity index (χ3v) is 6.14. The standard InChI is InChI=1S/C23H29N3O/c1-4-23(27,18-7-11-24-12-8-18)16-26-21-6-5-17(2)15-20(21)19-9-13-25(3)14-10-22(19)26/h5-8,11-12,15,27H,4,9-10,13-14,16H2,1-3H3. The average molecular weight is 364 g/mol. The number of hydrogen-bond acceptors (Lipinski definition) is 3. The van der Waals surface area contributed by atoms with Crippen LogP contribution in [-0.2, 0) is 25.0 Å². The zero-order chi connectivity index (χ0) is 19.0. The Bertz CT molecular complexity index is 947. The predicted octanol–water partition coefficient (Wildman–Crippen LogP) is 3.67. The molecule has 0 amide bonds. The lowest BCUT2D eigenvalue weighted by molar-refractivity contribution is 0.0148. The van der Waals surface area contributed by atoms with Crippen molar-refractivity contribution in [2.45, 2.75) is 45.3 Å². The average Bonchev–Trinajstić information content (AvgIpc) is 2.82. The van der Waals surface area contributed by atoms with Crippen molar-refractivity contribution >= 4 is 10.9 Å². The van der Waals surface area contributed by atoms with Gasteiger partial charge in [-0.25, -0.2) is 0 Å². The number of benzene rings is 1. The zero-order valence-electron chi connectivity index (χ0n) is 16.6. The van der Waals surface area contributed by atoms with E-state index in [1.54, 1.807) is 12.4 Å². The lowest BCUT2D eigenvalue weighted by Gasteiger charge is -2.29. The molecule has 4 nitrogen and oxygen atoms in total. The van der Waals surface area contributed by atoms with Crippen LogP contribution >= 0.6 is 0 Å². The normalized spacial score (nSPS) is 17.5. The van der Waals surface area contributed by atoms with Crippen LogP contribution in [0.15, 0.2) is 42.7 Å². The van der Waals surface area contributed by atoms with E-state index < -0.39 is 5.60 Å². The van der Waals surface area contributed by atoms with E-state index in [9.17, 15) is 5.11 Å². The number of pyridine rings is 1. The van der Waals surface area contributed by atoms with Crippen molar-refractivity contribution in [3.63, 3.8) is 0 Å². The first-order chi connectivity index (χ1) is 13.0. The van der Waals surface area contributed by atoms with Crippen LogP contribution in [0.2, 0.25) is 0 Å². The molecule has 4 heteroatoms. The molecule has 142 valence electrons. The lowest BCUT2D eigenvalue weighted by Crippen LogP contribution is -2.31. The van der Waals surface area contributed by atoms with E-state index in [1.807, 2.05) is 12.1 Å². The first-order valence-electron chi connectivity index (χ1n) is 9.94.